The van der Waals surface area contributed by atoms with E-state index in [9.17, 15) is 15.0 Å². The molecule has 41 heavy (non-hydrogen) atoms. The maximum absolute atomic E-state index is 11.5. The van der Waals surface area contributed by atoms with E-state index in [2.05, 4.69) is 42.5 Å². The second kappa shape index (κ2) is 13.4. The predicted octanol–water partition coefficient (Wildman–Crippen LogP) is 9.16. The molecule has 4 aromatic rings. The van der Waals surface area contributed by atoms with E-state index in [4.69, 9.17) is 16.6 Å². The van der Waals surface area contributed by atoms with Crippen LogP contribution in [0, 0.1) is 5.41 Å². The number of nitrogens with zero attached hydrogens (tertiary/aromatic N) is 1. The fourth-order valence-corrected chi connectivity index (χ4v) is 6.71. The number of aliphatic hydroxyl groups is 1. The molecule has 0 unspecified atom stereocenters. The van der Waals surface area contributed by atoms with Crippen LogP contribution in [0.1, 0.15) is 80.2 Å². The van der Waals surface area contributed by atoms with Gasteiger partial charge in [-0.25, -0.2) is 0 Å². The number of rotatable bonds is 13. The monoisotopic (exact) mass is 589 g/mol. The highest BCUT2D eigenvalue weighted by Gasteiger charge is 2.25. The lowest BCUT2D eigenvalue weighted by Gasteiger charge is -2.27. The highest BCUT2D eigenvalue weighted by molar-refractivity contribution is 7.98. The summed E-state index contributed by atoms with van der Waals surface area (Å²) >= 11 is 8.04. The van der Waals surface area contributed by atoms with Gasteiger partial charge in [0.1, 0.15) is 0 Å². The number of carboxylic acids is 1. The van der Waals surface area contributed by atoms with Crippen molar-refractivity contribution in [2.75, 3.05) is 0 Å². The van der Waals surface area contributed by atoms with Gasteiger partial charge >= 0.3 is 5.97 Å². The number of carbonyl (C=O) groups is 1. The molecule has 1 heterocycles. The van der Waals surface area contributed by atoms with Gasteiger partial charge in [0.05, 0.1) is 17.5 Å². The number of aromatic nitrogens is 1. The fraction of sp³-hybridized carbons (Fsp3) is 0.371. The number of aryl methyl sites for hydroxylation is 2. The van der Waals surface area contributed by atoms with Gasteiger partial charge in [0.15, 0.2) is 0 Å². The average Bonchev–Trinajstić information content (AvgIpc) is 2.90. The minimum Gasteiger partial charge on any atom is -0.481 e. The Kier molecular flexibility index (Phi) is 10.2. The van der Waals surface area contributed by atoms with Crippen molar-refractivity contribution in [1.82, 2.24) is 4.98 Å². The third-order valence-electron chi connectivity index (χ3n) is 7.53. The Morgan fingerprint density at radius 2 is 1.71 bits per heavy atom. The molecular weight excluding hydrogens is 550 g/mol. The highest BCUT2D eigenvalue weighted by atomic mass is 35.5. The van der Waals surface area contributed by atoms with E-state index in [-0.39, 0.29) is 17.1 Å². The second-order valence-corrected chi connectivity index (χ2v) is 13.8. The van der Waals surface area contributed by atoms with Crippen LogP contribution in [-0.2, 0) is 29.0 Å². The number of pyridine rings is 1. The minimum absolute atomic E-state index is 0.149. The minimum atomic E-state index is -0.918. The van der Waals surface area contributed by atoms with Crippen molar-refractivity contribution in [3.63, 3.8) is 0 Å². The number of fused-ring (bicyclic) bond motifs is 1. The van der Waals surface area contributed by atoms with E-state index in [0.717, 1.165) is 59.2 Å². The summed E-state index contributed by atoms with van der Waals surface area (Å²) in [6, 6.07) is 26.8. The smallest absolute Gasteiger partial charge is 0.303 e. The van der Waals surface area contributed by atoms with Crippen LogP contribution in [0.5, 0.6) is 0 Å². The molecular formula is C35H40ClNO3S. The summed E-state index contributed by atoms with van der Waals surface area (Å²) in [5, 5.41) is 22.1. The summed E-state index contributed by atoms with van der Waals surface area (Å²) in [7, 11) is 0. The molecule has 4 rings (SSSR count). The SMILES string of the molecule is CC(C)(CC[C@@H](SCc1ccccc1C(C)(C)O)c1cccc(CCc2ccc3ccc(Cl)cc3n2)c1)CC(=O)O. The molecule has 3 aromatic carbocycles. The van der Waals surface area contributed by atoms with Gasteiger partial charge in [-0.1, -0.05) is 86.1 Å². The molecule has 0 amide bonds. The van der Waals surface area contributed by atoms with Crippen LogP contribution in [0.4, 0.5) is 0 Å². The van der Waals surface area contributed by atoms with Gasteiger partial charge in [-0.2, -0.15) is 0 Å². The molecule has 0 radical (unpaired) electrons. The molecule has 0 saturated carbocycles. The molecule has 1 atom stereocenters. The first-order valence-corrected chi connectivity index (χ1v) is 15.6. The molecule has 4 nitrogen and oxygen atoms in total. The van der Waals surface area contributed by atoms with Crippen LogP contribution < -0.4 is 0 Å². The fourth-order valence-electron chi connectivity index (χ4n) is 5.29. The molecule has 0 bridgehead atoms. The maximum atomic E-state index is 11.5. The Bertz CT molecular complexity index is 1490. The van der Waals surface area contributed by atoms with E-state index in [1.54, 1.807) is 0 Å². The highest BCUT2D eigenvalue weighted by Crippen LogP contribution is 2.41. The van der Waals surface area contributed by atoms with Crippen LogP contribution in [0.15, 0.2) is 78.9 Å². The number of hydrogen-bond acceptors (Lipinski definition) is 4. The third kappa shape index (κ3) is 9.06. The van der Waals surface area contributed by atoms with Gasteiger partial charge < -0.3 is 10.2 Å². The largest absolute Gasteiger partial charge is 0.481 e. The normalized spacial score (nSPS) is 12.9. The Morgan fingerprint density at radius 1 is 0.951 bits per heavy atom. The topological polar surface area (TPSA) is 70.4 Å². The zero-order valence-electron chi connectivity index (χ0n) is 24.4. The van der Waals surface area contributed by atoms with Crippen LogP contribution in [0.2, 0.25) is 5.02 Å². The van der Waals surface area contributed by atoms with E-state index in [1.807, 2.05) is 75.9 Å². The van der Waals surface area contributed by atoms with Crippen molar-refractivity contribution in [3.8, 4) is 0 Å². The van der Waals surface area contributed by atoms with Gasteiger partial charge in [0.2, 0.25) is 0 Å². The Hall–Kier alpha value is -2.86. The van der Waals surface area contributed by atoms with Gasteiger partial charge in [-0.15, -0.1) is 11.8 Å². The van der Waals surface area contributed by atoms with Crippen molar-refractivity contribution >= 4 is 40.2 Å². The summed E-state index contributed by atoms with van der Waals surface area (Å²) < 4.78 is 0. The second-order valence-electron chi connectivity index (χ2n) is 12.2. The van der Waals surface area contributed by atoms with E-state index in [1.165, 1.54) is 11.1 Å². The summed E-state index contributed by atoms with van der Waals surface area (Å²) in [6.45, 7) is 7.72. The Morgan fingerprint density at radius 3 is 2.46 bits per heavy atom. The molecule has 0 aliphatic rings. The van der Waals surface area contributed by atoms with Crippen molar-refractivity contribution in [2.24, 2.45) is 5.41 Å². The number of hydrogen-bond donors (Lipinski definition) is 2. The van der Waals surface area contributed by atoms with Crippen molar-refractivity contribution in [3.05, 3.63) is 112 Å². The number of benzene rings is 3. The molecule has 216 valence electrons. The molecule has 2 N–H and O–H groups in total. The zero-order chi connectivity index (χ0) is 29.6. The number of carboxylic acid groups (broad SMARTS) is 1. The average molecular weight is 590 g/mol. The van der Waals surface area contributed by atoms with E-state index < -0.39 is 11.6 Å². The van der Waals surface area contributed by atoms with Crippen LogP contribution in [0.3, 0.4) is 0 Å². The summed E-state index contributed by atoms with van der Waals surface area (Å²) in [5.74, 6) is 0.00252. The zero-order valence-corrected chi connectivity index (χ0v) is 25.9. The number of halogens is 1. The maximum Gasteiger partial charge on any atom is 0.303 e. The van der Waals surface area contributed by atoms with Gasteiger partial charge in [0, 0.05) is 27.1 Å². The van der Waals surface area contributed by atoms with Crippen LogP contribution >= 0.6 is 23.4 Å². The Balaban J connectivity index is 1.53. The lowest BCUT2D eigenvalue weighted by atomic mass is 9.83. The predicted molar refractivity (Wildman–Crippen MR) is 172 cm³/mol. The van der Waals surface area contributed by atoms with Gasteiger partial charge in [-0.05, 0) is 85.4 Å². The summed E-state index contributed by atoms with van der Waals surface area (Å²) in [5.41, 5.74) is 5.30. The number of thioether (sulfide) groups is 1. The molecule has 1 aromatic heterocycles. The molecule has 0 spiro atoms. The standard InChI is InChI=1S/C35H40ClNO3S/c1-34(2,22-33(38)39)19-18-32(41-23-27-9-5-6-11-30(27)35(3,4)40)26-10-7-8-24(20-26)12-16-29-17-14-25-13-15-28(36)21-31(25)37-29/h5-11,13-15,17,20-21,32,40H,12,16,18-19,22-23H2,1-4H3,(H,38,39)/t32-/m1/s1. The first kappa shape index (κ1) is 31.1. The first-order valence-electron chi connectivity index (χ1n) is 14.2. The summed E-state index contributed by atoms with van der Waals surface area (Å²) in [6.07, 6.45) is 3.52. The lowest BCUT2D eigenvalue weighted by Crippen LogP contribution is -2.18. The van der Waals surface area contributed by atoms with Crippen molar-refractivity contribution in [2.45, 2.75) is 76.4 Å². The Labute approximate surface area is 253 Å². The quantitative estimate of drug-likeness (QED) is 0.163. The van der Waals surface area contributed by atoms with Crippen LogP contribution in [0.25, 0.3) is 10.9 Å². The third-order valence-corrected chi connectivity index (χ3v) is 9.16. The summed E-state index contributed by atoms with van der Waals surface area (Å²) in [4.78, 5) is 16.3. The molecule has 0 aliphatic heterocycles. The number of aliphatic carboxylic acids is 1. The van der Waals surface area contributed by atoms with E-state index in [0.29, 0.717) is 5.02 Å². The van der Waals surface area contributed by atoms with E-state index >= 15 is 0 Å². The van der Waals surface area contributed by atoms with Gasteiger partial charge in [-0.3, -0.25) is 9.78 Å². The molecule has 0 fully saturated rings. The van der Waals surface area contributed by atoms with Crippen molar-refractivity contribution in [1.29, 1.82) is 0 Å². The van der Waals surface area contributed by atoms with Gasteiger partial charge in [0.25, 0.3) is 0 Å². The molecule has 6 heteroatoms. The lowest BCUT2D eigenvalue weighted by molar-refractivity contribution is -0.139. The molecule has 0 aliphatic carbocycles. The first-order chi connectivity index (χ1) is 19.4. The van der Waals surface area contributed by atoms with Crippen molar-refractivity contribution < 1.29 is 15.0 Å². The van der Waals surface area contributed by atoms with Crippen LogP contribution in [-0.4, -0.2) is 21.2 Å². The molecule has 0 saturated heterocycles.